The first-order valence-electron chi connectivity index (χ1n) is 8.65. The molecule has 0 atom stereocenters. The van der Waals surface area contributed by atoms with Gasteiger partial charge in [-0.2, -0.15) is 0 Å². The van der Waals surface area contributed by atoms with Crippen LogP contribution in [0.3, 0.4) is 0 Å². The molecule has 0 saturated carbocycles. The van der Waals surface area contributed by atoms with Crippen LogP contribution in [0.25, 0.3) is 0 Å². The molecule has 0 fully saturated rings. The summed E-state index contributed by atoms with van der Waals surface area (Å²) < 4.78 is 18.1. The van der Waals surface area contributed by atoms with E-state index in [1.54, 1.807) is 35.6 Å². The van der Waals surface area contributed by atoms with Crippen LogP contribution in [0.4, 0.5) is 10.1 Å². The number of amides is 2. The van der Waals surface area contributed by atoms with Crippen LogP contribution in [0.1, 0.15) is 10.4 Å². The predicted molar refractivity (Wildman–Crippen MR) is 107 cm³/mol. The van der Waals surface area contributed by atoms with E-state index in [9.17, 15) is 14.0 Å². The molecule has 2 aromatic carbocycles. The third-order valence-corrected chi connectivity index (χ3v) is 4.70. The highest BCUT2D eigenvalue weighted by atomic mass is 32.1. The molecule has 2 amide bonds. The standard InChI is InChI=1S/C21H19FN2O3S/c22-16-5-9-18(10-6-16)27-14-21(26)24-17-7-3-15(4-8-17)12-20(25)23-13-19-2-1-11-28-19/h1-11H,12-14H2,(H,23,25)(H,24,26). The first-order valence-corrected chi connectivity index (χ1v) is 9.53. The highest BCUT2D eigenvalue weighted by molar-refractivity contribution is 7.09. The van der Waals surface area contributed by atoms with Crippen LogP contribution in [-0.4, -0.2) is 18.4 Å². The summed E-state index contributed by atoms with van der Waals surface area (Å²) >= 11 is 1.60. The Bertz CT molecular complexity index is 910. The number of thiophene rings is 1. The predicted octanol–water partition coefficient (Wildman–Crippen LogP) is 3.76. The van der Waals surface area contributed by atoms with Gasteiger partial charge < -0.3 is 15.4 Å². The van der Waals surface area contributed by atoms with Gasteiger partial charge in [-0.15, -0.1) is 11.3 Å². The Morgan fingerprint density at radius 3 is 2.39 bits per heavy atom. The van der Waals surface area contributed by atoms with Crippen molar-refractivity contribution < 1.29 is 18.7 Å². The van der Waals surface area contributed by atoms with Crippen LogP contribution >= 0.6 is 11.3 Å². The lowest BCUT2D eigenvalue weighted by atomic mass is 10.1. The van der Waals surface area contributed by atoms with Gasteiger partial charge >= 0.3 is 0 Å². The number of anilines is 1. The van der Waals surface area contributed by atoms with Crippen molar-refractivity contribution in [2.45, 2.75) is 13.0 Å². The maximum Gasteiger partial charge on any atom is 0.262 e. The van der Waals surface area contributed by atoms with Gasteiger partial charge in [0.2, 0.25) is 5.91 Å². The number of nitrogens with one attached hydrogen (secondary N) is 2. The molecule has 28 heavy (non-hydrogen) atoms. The van der Waals surface area contributed by atoms with E-state index in [0.29, 0.717) is 18.0 Å². The van der Waals surface area contributed by atoms with E-state index < -0.39 is 0 Å². The quantitative estimate of drug-likeness (QED) is 0.607. The Morgan fingerprint density at radius 2 is 1.71 bits per heavy atom. The first kappa shape index (κ1) is 19.6. The topological polar surface area (TPSA) is 67.4 Å². The highest BCUT2D eigenvalue weighted by Crippen LogP contribution is 2.13. The molecule has 0 unspecified atom stereocenters. The summed E-state index contributed by atoms with van der Waals surface area (Å²) in [5, 5.41) is 7.56. The second-order valence-electron chi connectivity index (χ2n) is 6.02. The maximum absolute atomic E-state index is 12.8. The lowest BCUT2D eigenvalue weighted by Crippen LogP contribution is -2.24. The third kappa shape index (κ3) is 6.21. The minimum atomic E-state index is -0.364. The number of hydrogen-bond acceptors (Lipinski definition) is 4. The second kappa shape index (κ2) is 9.66. The zero-order valence-corrected chi connectivity index (χ0v) is 15.8. The van der Waals surface area contributed by atoms with Gasteiger partial charge in [0.15, 0.2) is 6.61 Å². The van der Waals surface area contributed by atoms with Gasteiger partial charge in [0, 0.05) is 10.6 Å². The summed E-state index contributed by atoms with van der Waals surface area (Å²) in [6.07, 6.45) is 0.271. The summed E-state index contributed by atoms with van der Waals surface area (Å²) in [5.41, 5.74) is 1.46. The number of benzene rings is 2. The molecule has 7 heteroatoms. The minimum Gasteiger partial charge on any atom is -0.484 e. The van der Waals surface area contributed by atoms with Crippen molar-refractivity contribution in [1.82, 2.24) is 5.32 Å². The molecule has 1 aromatic heterocycles. The molecular formula is C21H19FN2O3S. The van der Waals surface area contributed by atoms with Crippen molar-refractivity contribution in [3.05, 3.63) is 82.3 Å². The van der Waals surface area contributed by atoms with E-state index in [4.69, 9.17) is 4.74 Å². The number of carbonyl (C=O) groups excluding carboxylic acids is 2. The zero-order chi connectivity index (χ0) is 19.8. The van der Waals surface area contributed by atoms with Gasteiger partial charge in [-0.1, -0.05) is 18.2 Å². The largest absolute Gasteiger partial charge is 0.484 e. The number of ether oxygens (including phenoxy) is 1. The van der Waals surface area contributed by atoms with E-state index in [1.165, 1.54) is 24.3 Å². The Balaban J connectivity index is 1.42. The van der Waals surface area contributed by atoms with E-state index in [2.05, 4.69) is 10.6 Å². The number of rotatable bonds is 8. The van der Waals surface area contributed by atoms with Crippen molar-refractivity contribution in [1.29, 1.82) is 0 Å². The molecule has 0 spiro atoms. The Labute approximate surface area is 166 Å². The van der Waals surface area contributed by atoms with Crippen LogP contribution in [0, 0.1) is 5.82 Å². The lowest BCUT2D eigenvalue weighted by molar-refractivity contribution is -0.120. The number of halogens is 1. The van der Waals surface area contributed by atoms with Gasteiger partial charge in [-0.05, 0) is 53.4 Å². The highest BCUT2D eigenvalue weighted by Gasteiger charge is 2.06. The molecule has 0 saturated heterocycles. The molecule has 0 aliphatic rings. The monoisotopic (exact) mass is 398 g/mol. The van der Waals surface area contributed by atoms with Gasteiger partial charge in [-0.3, -0.25) is 9.59 Å². The minimum absolute atomic E-state index is 0.0575. The molecule has 3 aromatic rings. The van der Waals surface area contributed by atoms with E-state index in [1.807, 2.05) is 17.5 Å². The van der Waals surface area contributed by atoms with Gasteiger partial charge in [0.1, 0.15) is 11.6 Å². The molecular weight excluding hydrogens is 379 g/mol. The van der Waals surface area contributed by atoms with Crippen LogP contribution < -0.4 is 15.4 Å². The molecule has 2 N–H and O–H groups in total. The molecule has 5 nitrogen and oxygen atoms in total. The summed E-state index contributed by atoms with van der Waals surface area (Å²) in [6.45, 7) is 0.344. The summed E-state index contributed by atoms with van der Waals surface area (Å²) in [5.74, 6) is -0.332. The van der Waals surface area contributed by atoms with Gasteiger partial charge in [0.25, 0.3) is 5.91 Å². The SMILES string of the molecule is O=C(Cc1ccc(NC(=O)COc2ccc(F)cc2)cc1)NCc1cccs1. The fraction of sp³-hybridized carbons (Fsp3) is 0.143. The fourth-order valence-corrected chi connectivity index (χ4v) is 3.07. The molecule has 0 radical (unpaired) electrons. The summed E-state index contributed by atoms with van der Waals surface area (Å²) in [6, 6.07) is 16.4. The van der Waals surface area contributed by atoms with Crippen molar-refractivity contribution in [2.75, 3.05) is 11.9 Å². The third-order valence-electron chi connectivity index (χ3n) is 3.83. The second-order valence-corrected chi connectivity index (χ2v) is 7.05. The van der Waals surface area contributed by atoms with Gasteiger partial charge in [-0.25, -0.2) is 4.39 Å². The Kier molecular flexibility index (Phi) is 6.75. The molecule has 0 bridgehead atoms. The number of carbonyl (C=O) groups is 2. The summed E-state index contributed by atoms with van der Waals surface area (Å²) in [4.78, 5) is 25.0. The zero-order valence-electron chi connectivity index (χ0n) is 15.0. The van der Waals surface area contributed by atoms with Crippen LogP contribution in [0.5, 0.6) is 5.75 Å². The maximum atomic E-state index is 12.8. The van der Waals surface area contributed by atoms with Crippen LogP contribution in [0.15, 0.2) is 66.0 Å². The summed E-state index contributed by atoms with van der Waals surface area (Å²) in [7, 11) is 0. The van der Waals surface area contributed by atoms with E-state index in [-0.39, 0.29) is 30.7 Å². The fourth-order valence-electron chi connectivity index (χ4n) is 2.43. The van der Waals surface area contributed by atoms with Crippen LogP contribution in [-0.2, 0) is 22.6 Å². The van der Waals surface area contributed by atoms with Crippen LogP contribution in [0.2, 0.25) is 0 Å². The number of hydrogen-bond donors (Lipinski definition) is 2. The molecule has 3 rings (SSSR count). The smallest absolute Gasteiger partial charge is 0.262 e. The van der Waals surface area contributed by atoms with Crippen molar-refractivity contribution >= 4 is 28.8 Å². The average molecular weight is 398 g/mol. The molecule has 0 aliphatic heterocycles. The molecule has 1 heterocycles. The van der Waals surface area contributed by atoms with Crippen molar-refractivity contribution in [3.8, 4) is 5.75 Å². The lowest BCUT2D eigenvalue weighted by Gasteiger charge is -2.08. The van der Waals surface area contributed by atoms with E-state index >= 15 is 0 Å². The Hall–Kier alpha value is -3.19. The molecule has 0 aliphatic carbocycles. The van der Waals surface area contributed by atoms with Crippen molar-refractivity contribution in [3.63, 3.8) is 0 Å². The average Bonchev–Trinajstić information content (AvgIpc) is 3.21. The first-order chi connectivity index (χ1) is 13.6. The van der Waals surface area contributed by atoms with E-state index in [0.717, 1.165) is 10.4 Å². The van der Waals surface area contributed by atoms with Gasteiger partial charge in [0.05, 0.1) is 13.0 Å². The normalized spacial score (nSPS) is 10.3. The molecule has 144 valence electrons. The van der Waals surface area contributed by atoms with Crippen molar-refractivity contribution in [2.24, 2.45) is 0 Å². The Morgan fingerprint density at radius 1 is 0.964 bits per heavy atom.